The van der Waals surface area contributed by atoms with Crippen LogP contribution in [-0.2, 0) is 12.6 Å². The van der Waals surface area contributed by atoms with Gasteiger partial charge in [-0.05, 0) is 32.0 Å². The van der Waals surface area contributed by atoms with Gasteiger partial charge in [0.25, 0.3) is 0 Å². The number of hydrogen-bond acceptors (Lipinski definition) is 2. The topological polar surface area (TPSA) is 43.8 Å². The van der Waals surface area contributed by atoms with E-state index in [9.17, 15) is 13.2 Å². The molecule has 102 valence electrons. The molecule has 1 aromatic carbocycles. The van der Waals surface area contributed by atoms with Crippen LogP contribution in [0.4, 0.5) is 13.2 Å². The second kappa shape index (κ2) is 5.05. The third-order valence-corrected chi connectivity index (χ3v) is 2.85. The predicted octanol–water partition coefficient (Wildman–Crippen LogP) is 2.70. The second-order valence-electron chi connectivity index (χ2n) is 4.20. The van der Waals surface area contributed by atoms with Crippen molar-refractivity contribution in [2.45, 2.75) is 19.5 Å². The molecule has 19 heavy (non-hydrogen) atoms. The minimum Gasteiger partial charge on any atom is -0.330 e. The zero-order chi connectivity index (χ0) is 14.0. The van der Waals surface area contributed by atoms with E-state index < -0.39 is 11.9 Å². The Morgan fingerprint density at radius 3 is 2.37 bits per heavy atom. The average Bonchev–Trinajstić information content (AvgIpc) is 2.68. The lowest BCUT2D eigenvalue weighted by Gasteiger charge is -2.12. The van der Waals surface area contributed by atoms with Gasteiger partial charge < -0.3 is 5.73 Å². The number of para-hydroxylation sites is 1. The molecule has 2 rings (SSSR count). The van der Waals surface area contributed by atoms with E-state index in [1.54, 1.807) is 37.3 Å². The fourth-order valence-corrected chi connectivity index (χ4v) is 2.05. The standard InChI is InChI=1S/C13H14F3N3/c1-9-11(7-8-17)12(13(14,15)16)19(18-9)10-5-3-2-4-6-10/h2-6H,7-8,17H2,1H3. The molecule has 0 saturated heterocycles. The summed E-state index contributed by atoms with van der Waals surface area (Å²) in [7, 11) is 0. The van der Waals surface area contributed by atoms with Crippen molar-refractivity contribution in [2.75, 3.05) is 6.54 Å². The van der Waals surface area contributed by atoms with E-state index in [2.05, 4.69) is 5.10 Å². The molecule has 0 spiro atoms. The summed E-state index contributed by atoms with van der Waals surface area (Å²) in [5.74, 6) is 0. The molecule has 0 radical (unpaired) electrons. The molecular formula is C13H14F3N3. The third-order valence-electron chi connectivity index (χ3n) is 2.85. The van der Waals surface area contributed by atoms with Crippen molar-refractivity contribution in [1.29, 1.82) is 0 Å². The SMILES string of the molecule is Cc1nn(-c2ccccc2)c(C(F)(F)F)c1CCN. The van der Waals surface area contributed by atoms with Crippen LogP contribution in [0.25, 0.3) is 5.69 Å². The van der Waals surface area contributed by atoms with E-state index in [4.69, 9.17) is 5.73 Å². The van der Waals surface area contributed by atoms with Crippen molar-refractivity contribution in [3.05, 3.63) is 47.3 Å². The van der Waals surface area contributed by atoms with Gasteiger partial charge in [0.2, 0.25) is 0 Å². The van der Waals surface area contributed by atoms with Crippen LogP contribution in [0.3, 0.4) is 0 Å². The van der Waals surface area contributed by atoms with Gasteiger partial charge in [-0.1, -0.05) is 18.2 Å². The van der Waals surface area contributed by atoms with Crippen LogP contribution < -0.4 is 5.73 Å². The highest BCUT2D eigenvalue weighted by atomic mass is 19.4. The summed E-state index contributed by atoms with van der Waals surface area (Å²) in [4.78, 5) is 0. The predicted molar refractivity (Wildman–Crippen MR) is 66.1 cm³/mol. The molecule has 0 atom stereocenters. The van der Waals surface area contributed by atoms with E-state index in [1.165, 1.54) is 0 Å². The average molecular weight is 269 g/mol. The monoisotopic (exact) mass is 269 g/mol. The van der Waals surface area contributed by atoms with E-state index >= 15 is 0 Å². The van der Waals surface area contributed by atoms with Crippen LogP contribution >= 0.6 is 0 Å². The van der Waals surface area contributed by atoms with Gasteiger partial charge in [-0.15, -0.1) is 0 Å². The number of nitrogens with two attached hydrogens (primary N) is 1. The normalized spacial score (nSPS) is 11.8. The molecule has 0 aliphatic rings. The fourth-order valence-electron chi connectivity index (χ4n) is 2.05. The highest BCUT2D eigenvalue weighted by Gasteiger charge is 2.39. The summed E-state index contributed by atoms with van der Waals surface area (Å²) < 4.78 is 40.6. The Kier molecular flexibility index (Phi) is 3.61. The Morgan fingerprint density at radius 1 is 1.21 bits per heavy atom. The maximum atomic E-state index is 13.2. The summed E-state index contributed by atoms with van der Waals surface area (Å²) in [6, 6.07) is 8.28. The quantitative estimate of drug-likeness (QED) is 0.931. The number of rotatable bonds is 3. The first kappa shape index (κ1) is 13.6. The third kappa shape index (κ3) is 2.63. The number of nitrogens with zero attached hydrogens (tertiary/aromatic N) is 2. The minimum absolute atomic E-state index is 0.157. The van der Waals surface area contributed by atoms with Gasteiger partial charge in [-0.25, -0.2) is 4.68 Å². The first-order chi connectivity index (χ1) is 8.95. The number of halogens is 3. The molecule has 0 fully saturated rings. The Labute approximate surface area is 108 Å². The lowest BCUT2D eigenvalue weighted by Crippen LogP contribution is -2.17. The molecule has 0 aliphatic heterocycles. The van der Waals surface area contributed by atoms with Crippen molar-refractivity contribution in [3.63, 3.8) is 0 Å². The number of alkyl halides is 3. The van der Waals surface area contributed by atoms with Crippen molar-refractivity contribution in [3.8, 4) is 5.69 Å². The maximum Gasteiger partial charge on any atom is 0.433 e. The molecule has 1 aromatic heterocycles. The van der Waals surface area contributed by atoms with Crippen LogP contribution in [-0.4, -0.2) is 16.3 Å². The molecule has 0 unspecified atom stereocenters. The van der Waals surface area contributed by atoms with Crippen LogP contribution in [0.1, 0.15) is 17.0 Å². The van der Waals surface area contributed by atoms with E-state index in [0.29, 0.717) is 11.4 Å². The largest absolute Gasteiger partial charge is 0.433 e. The smallest absolute Gasteiger partial charge is 0.330 e. The Morgan fingerprint density at radius 2 is 1.84 bits per heavy atom. The van der Waals surface area contributed by atoms with E-state index in [0.717, 1.165) is 4.68 Å². The molecule has 0 saturated carbocycles. The van der Waals surface area contributed by atoms with Gasteiger partial charge in [0, 0.05) is 5.56 Å². The summed E-state index contributed by atoms with van der Waals surface area (Å²) in [6.07, 6.45) is -4.30. The van der Waals surface area contributed by atoms with Gasteiger partial charge in [-0.2, -0.15) is 18.3 Å². The number of aryl methyl sites for hydroxylation is 1. The highest BCUT2D eigenvalue weighted by molar-refractivity contribution is 5.38. The summed E-state index contributed by atoms with van der Waals surface area (Å²) in [5, 5.41) is 4.01. The number of hydrogen-bond donors (Lipinski definition) is 1. The van der Waals surface area contributed by atoms with Gasteiger partial charge in [0.1, 0.15) is 0 Å². The second-order valence-corrected chi connectivity index (χ2v) is 4.20. The molecule has 2 aromatic rings. The zero-order valence-electron chi connectivity index (χ0n) is 10.4. The molecular weight excluding hydrogens is 255 g/mol. The van der Waals surface area contributed by atoms with Gasteiger partial charge in [-0.3, -0.25) is 0 Å². The molecule has 0 aliphatic carbocycles. The first-order valence-electron chi connectivity index (χ1n) is 5.86. The van der Waals surface area contributed by atoms with Gasteiger partial charge in [0.15, 0.2) is 5.69 Å². The summed E-state index contributed by atoms with van der Waals surface area (Å²) in [6.45, 7) is 1.73. The van der Waals surface area contributed by atoms with Crippen molar-refractivity contribution in [1.82, 2.24) is 9.78 Å². The lowest BCUT2D eigenvalue weighted by molar-refractivity contribution is -0.143. The Balaban J connectivity index is 2.65. The van der Waals surface area contributed by atoms with Crippen molar-refractivity contribution >= 4 is 0 Å². The first-order valence-corrected chi connectivity index (χ1v) is 5.86. The van der Waals surface area contributed by atoms with Gasteiger partial charge >= 0.3 is 6.18 Å². The van der Waals surface area contributed by atoms with E-state index in [-0.39, 0.29) is 18.5 Å². The Hall–Kier alpha value is -1.82. The van der Waals surface area contributed by atoms with Crippen LogP contribution in [0.5, 0.6) is 0 Å². The molecule has 6 heteroatoms. The molecule has 3 nitrogen and oxygen atoms in total. The van der Waals surface area contributed by atoms with Crippen molar-refractivity contribution in [2.24, 2.45) is 5.73 Å². The summed E-state index contributed by atoms with van der Waals surface area (Å²) >= 11 is 0. The van der Waals surface area contributed by atoms with Gasteiger partial charge in [0.05, 0.1) is 11.4 Å². The van der Waals surface area contributed by atoms with Crippen LogP contribution in [0, 0.1) is 6.92 Å². The fraction of sp³-hybridized carbons (Fsp3) is 0.308. The Bertz CT molecular complexity index is 559. The van der Waals surface area contributed by atoms with Crippen LogP contribution in [0.2, 0.25) is 0 Å². The summed E-state index contributed by atoms with van der Waals surface area (Å²) in [5.41, 5.74) is 5.57. The van der Waals surface area contributed by atoms with Crippen molar-refractivity contribution < 1.29 is 13.2 Å². The maximum absolute atomic E-state index is 13.2. The highest BCUT2D eigenvalue weighted by Crippen LogP contribution is 2.35. The lowest BCUT2D eigenvalue weighted by atomic mass is 10.1. The molecule has 2 N–H and O–H groups in total. The number of benzene rings is 1. The van der Waals surface area contributed by atoms with E-state index in [1.807, 2.05) is 0 Å². The zero-order valence-corrected chi connectivity index (χ0v) is 10.4. The molecule has 1 heterocycles. The molecule has 0 amide bonds. The molecule has 0 bridgehead atoms. The minimum atomic E-state index is -4.46. The number of aromatic nitrogens is 2. The van der Waals surface area contributed by atoms with Crippen LogP contribution in [0.15, 0.2) is 30.3 Å².